The van der Waals surface area contributed by atoms with E-state index in [9.17, 15) is 0 Å². The number of ether oxygens (including phenoxy) is 2. The number of rotatable bonds is 2. The van der Waals surface area contributed by atoms with Gasteiger partial charge in [0.05, 0.1) is 26.4 Å². The van der Waals surface area contributed by atoms with Crippen LogP contribution in [0, 0.1) is 0 Å². The first kappa shape index (κ1) is 9.43. The van der Waals surface area contributed by atoms with Gasteiger partial charge in [-0.15, -0.1) is 0 Å². The maximum atomic E-state index is 5.37. The summed E-state index contributed by atoms with van der Waals surface area (Å²) in [7, 11) is 1.62. The van der Waals surface area contributed by atoms with Crippen molar-refractivity contribution >= 4 is 0 Å². The molecule has 0 amide bonds. The van der Waals surface area contributed by atoms with Crippen molar-refractivity contribution < 1.29 is 9.47 Å². The third kappa shape index (κ3) is 2.02. The Morgan fingerprint density at radius 3 is 3.07 bits per heavy atom. The number of methoxy groups -OCH3 is 1. The van der Waals surface area contributed by atoms with Crippen molar-refractivity contribution in [2.24, 2.45) is 0 Å². The summed E-state index contributed by atoms with van der Waals surface area (Å²) < 4.78 is 10.4. The first-order valence-corrected chi connectivity index (χ1v) is 4.71. The molecule has 0 spiro atoms. The summed E-state index contributed by atoms with van der Waals surface area (Å²) in [4.78, 5) is 4.15. The van der Waals surface area contributed by atoms with Crippen LogP contribution in [0.3, 0.4) is 0 Å². The van der Waals surface area contributed by atoms with Crippen molar-refractivity contribution in [1.29, 1.82) is 0 Å². The van der Waals surface area contributed by atoms with E-state index >= 15 is 0 Å². The molecule has 1 aromatic heterocycles. The second-order valence-electron chi connectivity index (χ2n) is 3.22. The van der Waals surface area contributed by atoms with Gasteiger partial charge in [0, 0.05) is 18.8 Å². The number of hydrogen-bond acceptors (Lipinski definition) is 4. The van der Waals surface area contributed by atoms with Gasteiger partial charge in [-0.2, -0.15) is 0 Å². The fraction of sp³-hybridized carbons (Fsp3) is 0.500. The molecule has 1 aliphatic rings. The molecule has 1 saturated heterocycles. The van der Waals surface area contributed by atoms with E-state index in [0.29, 0.717) is 12.5 Å². The zero-order valence-electron chi connectivity index (χ0n) is 8.19. The van der Waals surface area contributed by atoms with Gasteiger partial charge in [-0.3, -0.25) is 0 Å². The van der Waals surface area contributed by atoms with Gasteiger partial charge in [0.15, 0.2) is 0 Å². The van der Waals surface area contributed by atoms with Gasteiger partial charge >= 0.3 is 0 Å². The van der Waals surface area contributed by atoms with Crippen LogP contribution in [0.15, 0.2) is 18.3 Å². The minimum Gasteiger partial charge on any atom is -0.481 e. The Morgan fingerprint density at radius 2 is 2.50 bits per heavy atom. The molecule has 0 aromatic carbocycles. The van der Waals surface area contributed by atoms with E-state index in [4.69, 9.17) is 9.47 Å². The number of nitrogens with zero attached hydrogens (tertiary/aromatic N) is 1. The number of morpholine rings is 1. The fourth-order valence-corrected chi connectivity index (χ4v) is 1.50. The molecule has 4 nitrogen and oxygen atoms in total. The number of hydrogen-bond donors (Lipinski definition) is 1. The Labute approximate surface area is 83.2 Å². The molecule has 1 atom stereocenters. The highest BCUT2D eigenvalue weighted by molar-refractivity contribution is 5.21. The molecule has 0 radical (unpaired) electrons. The van der Waals surface area contributed by atoms with Crippen LogP contribution in [0.5, 0.6) is 5.88 Å². The number of pyridine rings is 1. The molecule has 1 aliphatic heterocycles. The van der Waals surface area contributed by atoms with Gasteiger partial charge < -0.3 is 14.8 Å². The predicted octanol–water partition coefficient (Wildman–Crippen LogP) is 0.751. The normalized spacial score (nSPS) is 21.9. The summed E-state index contributed by atoms with van der Waals surface area (Å²) in [6.07, 6.45) is 1.82. The smallest absolute Gasteiger partial charge is 0.212 e. The maximum absolute atomic E-state index is 5.37. The Bertz CT molecular complexity index is 281. The van der Waals surface area contributed by atoms with Gasteiger partial charge in [0.1, 0.15) is 0 Å². The van der Waals surface area contributed by atoms with Crippen LogP contribution >= 0.6 is 0 Å². The Morgan fingerprint density at radius 1 is 1.57 bits per heavy atom. The Kier molecular flexibility index (Phi) is 2.96. The van der Waals surface area contributed by atoms with Crippen LogP contribution < -0.4 is 10.1 Å². The zero-order chi connectivity index (χ0) is 9.80. The fourth-order valence-electron chi connectivity index (χ4n) is 1.50. The molecule has 2 heterocycles. The van der Waals surface area contributed by atoms with Crippen molar-refractivity contribution in [2.45, 2.75) is 6.04 Å². The lowest BCUT2D eigenvalue weighted by atomic mass is 10.1. The molecule has 0 bridgehead atoms. The molecule has 1 aromatic rings. The first-order chi connectivity index (χ1) is 6.90. The van der Waals surface area contributed by atoms with Gasteiger partial charge in [0.25, 0.3) is 0 Å². The highest BCUT2D eigenvalue weighted by Gasteiger charge is 2.15. The van der Waals surface area contributed by atoms with Crippen LogP contribution in [0.25, 0.3) is 0 Å². The average molecular weight is 194 g/mol. The van der Waals surface area contributed by atoms with Crippen molar-refractivity contribution in [3.05, 3.63) is 23.9 Å². The van der Waals surface area contributed by atoms with Crippen molar-refractivity contribution in [2.75, 3.05) is 26.9 Å². The van der Waals surface area contributed by atoms with E-state index in [2.05, 4.69) is 10.3 Å². The molecular formula is C10H14N2O2. The Balaban J connectivity index is 2.07. The van der Waals surface area contributed by atoms with Crippen molar-refractivity contribution in [3.63, 3.8) is 0 Å². The quantitative estimate of drug-likeness (QED) is 0.754. The van der Waals surface area contributed by atoms with Crippen LogP contribution in [0.4, 0.5) is 0 Å². The highest BCUT2D eigenvalue weighted by atomic mass is 16.5. The van der Waals surface area contributed by atoms with Crippen LogP contribution in [0.2, 0.25) is 0 Å². The molecule has 14 heavy (non-hydrogen) atoms. The second kappa shape index (κ2) is 4.39. The summed E-state index contributed by atoms with van der Waals surface area (Å²) in [6.45, 7) is 2.41. The molecule has 1 fully saturated rings. The zero-order valence-corrected chi connectivity index (χ0v) is 8.19. The lowest BCUT2D eigenvalue weighted by molar-refractivity contribution is 0.0767. The van der Waals surface area contributed by atoms with Gasteiger partial charge in [-0.1, -0.05) is 6.07 Å². The molecule has 0 saturated carbocycles. The predicted molar refractivity (Wildman–Crippen MR) is 52.4 cm³/mol. The van der Waals surface area contributed by atoms with E-state index in [-0.39, 0.29) is 6.04 Å². The topological polar surface area (TPSA) is 43.4 Å². The molecule has 4 heteroatoms. The average Bonchev–Trinajstić information content (AvgIpc) is 2.30. The van der Waals surface area contributed by atoms with Gasteiger partial charge in [-0.05, 0) is 5.56 Å². The lowest BCUT2D eigenvalue weighted by Crippen LogP contribution is -2.34. The largest absolute Gasteiger partial charge is 0.481 e. The van der Waals surface area contributed by atoms with Gasteiger partial charge in [-0.25, -0.2) is 4.98 Å². The number of aromatic nitrogens is 1. The molecule has 0 aliphatic carbocycles. The van der Waals surface area contributed by atoms with E-state index in [1.165, 1.54) is 0 Å². The van der Waals surface area contributed by atoms with Crippen LogP contribution in [-0.4, -0.2) is 31.9 Å². The lowest BCUT2D eigenvalue weighted by Gasteiger charge is -2.23. The van der Waals surface area contributed by atoms with E-state index in [0.717, 1.165) is 18.7 Å². The first-order valence-electron chi connectivity index (χ1n) is 4.71. The summed E-state index contributed by atoms with van der Waals surface area (Å²) in [5.41, 5.74) is 1.14. The Hall–Kier alpha value is -1.13. The minimum absolute atomic E-state index is 0.266. The molecule has 2 rings (SSSR count). The minimum atomic E-state index is 0.266. The van der Waals surface area contributed by atoms with E-state index in [1.54, 1.807) is 7.11 Å². The molecule has 1 N–H and O–H groups in total. The third-order valence-electron chi connectivity index (χ3n) is 2.29. The van der Waals surface area contributed by atoms with Gasteiger partial charge in [0.2, 0.25) is 5.88 Å². The SMILES string of the molecule is COc1ccc(C2COCCN2)cn1. The molecule has 76 valence electrons. The third-order valence-corrected chi connectivity index (χ3v) is 2.29. The summed E-state index contributed by atoms with van der Waals surface area (Å²) in [6, 6.07) is 4.14. The molecule has 1 unspecified atom stereocenters. The highest BCUT2D eigenvalue weighted by Crippen LogP contribution is 2.16. The summed E-state index contributed by atoms with van der Waals surface area (Å²) in [5.74, 6) is 0.644. The summed E-state index contributed by atoms with van der Waals surface area (Å²) in [5, 5.41) is 3.37. The summed E-state index contributed by atoms with van der Waals surface area (Å²) >= 11 is 0. The van der Waals surface area contributed by atoms with Crippen molar-refractivity contribution in [3.8, 4) is 5.88 Å². The standard InChI is InChI=1S/C10H14N2O2/c1-13-10-3-2-8(6-12-10)9-7-14-5-4-11-9/h2-3,6,9,11H,4-5,7H2,1H3. The molecular weight excluding hydrogens is 180 g/mol. The second-order valence-corrected chi connectivity index (χ2v) is 3.22. The maximum Gasteiger partial charge on any atom is 0.212 e. The van der Waals surface area contributed by atoms with Crippen molar-refractivity contribution in [1.82, 2.24) is 10.3 Å². The van der Waals surface area contributed by atoms with Crippen LogP contribution in [-0.2, 0) is 4.74 Å². The monoisotopic (exact) mass is 194 g/mol. The van der Waals surface area contributed by atoms with E-state index < -0.39 is 0 Å². The number of nitrogens with one attached hydrogen (secondary N) is 1. The van der Waals surface area contributed by atoms with E-state index in [1.807, 2.05) is 18.3 Å². The van der Waals surface area contributed by atoms with Crippen LogP contribution in [0.1, 0.15) is 11.6 Å².